The van der Waals surface area contributed by atoms with Crippen LogP contribution in [0.2, 0.25) is 5.02 Å². The number of amides is 4. The predicted molar refractivity (Wildman–Crippen MR) is 114 cm³/mol. The van der Waals surface area contributed by atoms with Gasteiger partial charge in [0.05, 0.1) is 12.8 Å². The van der Waals surface area contributed by atoms with Gasteiger partial charge in [-0.15, -0.1) is 0 Å². The molecule has 7 nitrogen and oxygen atoms in total. The maximum atomic E-state index is 13.1. The van der Waals surface area contributed by atoms with Crippen LogP contribution in [0.15, 0.2) is 54.6 Å². The zero-order chi connectivity index (χ0) is 21.8. The number of halogens is 1. The Kier molecular flexibility index (Phi) is 6.23. The summed E-state index contributed by atoms with van der Waals surface area (Å²) in [7, 11) is 1.51. The van der Waals surface area contributed by atoms with E-state index in [-0.39, 0.29) is 12.2 Å². The zero-order valence-corrected chi connectivity index (χ0v) is 17.2. The minimum Gasteiger partial charge on any atom is -0.497 e. The number of urea groups is 1. The van der Waals surface area contributed by atoms with Crippen molar-refractivity contribution in [1.29, 1.82) is 0 Å². The van der Waals surface area contributed by atoms with Gasteiger partial charge in [0, 0.05) is 16.7 Å². The molecule has 0 radical (unpaired) electrons. The van der Waals surface area contributed by atoms with Gasteiger partial charge >= 0.3 is 6.03 Å². The maximum Gasteiger partial charge on any atom is 0.335 e. The van der Waals surface area contributed by atoms with E-state index in [1.165, 1.54) is 19.3 Å². The number of nitrogens with zero attached hydrogens (tertiary/aromatic N) is 1. The highest BCUT2D eigenvalue weighted by atomic mass is 35.5. The Morgan fingerprint density at radius 2 is 1.93 bits per heavy atom. The van der Waals surface area contributed by atoms with Gasteiger partial charge in [0.1, 0.15) is 23.7 Å². The molecule has 1 saturated heterocycles. The van der Waals surface area contributed by atoms with Gasteiger partial charge in [0.25, 0.3) is 11.8 Å². The smallest absolute Gasteiger partial charge is 0.335 e. The molecule has 4 amide bonds. The molecular weight excluding hydrogens is 408 g/mol. The Labute approximate surface area is 178 Å². The van der Waals surface area contributed by atoms with Crippen molar-refractivity contribution in [2.45, 2.75) is 6.92 Å². The van der Waals surface area contributed by atoms with Crippen LogP contribution >= 0.6 is 11.6 Å². The molecule has 1 aliphatic rings. The molecular formula is C22H19ClN2O5. The maximum absolute atomic E-state index is 13.1. The van der Waals surface area contributed by atoms with Crippen molar-refractivity contribution in [3.05, 3.63) is 70.8 Å². The van der Waals surface area contributed by atoms with E-state index in [9.17, 15) is 14.4 Å². The van der Waals surface area contributed by atoms with E-state index in [2.05, 4.69) is 11.9 Å². The highest BCUT2D eigenvalue weighted by Gasteiger charge is 2.37. The summed E-state index contributed by atoms with van der Waals surface area (Å²) in [5.74, 6) is -0.627. The summed E-state index contributed by atoms with van der Waals surface area (Å²) in [6, 6.07) is 8.93. The first-order valence-electron chi connectivity index (χ1n) is 8.95. The average molecular weight is 427 g/mol. The highest BCUT2D eigenvalue weighted by molar-refractivity contribution is 6.39. The molecule has 0 atom stereocenters. The monoisotopic (exact) mass is 426 g/mol. The largest absolute Gasteiger partial charge is 0.497 e. The van der Waals surface area contributed by atoms with Gasteiger partial charge in [-0.1, -0.05) is 30.3 Å². The second-order valence-electron chi connectivity index (χ2n) is 6.39. The van der Waals surface area contributed by atoms with E-state index in [4.69, 9.17) is 21.1 Å². The normalized spacial score (nSPS) is 15.2. The first-order valence-corrected chi connectivity index (χ1v) is 9.33. The standard InChI is InChI=1S/C22H19ClN2O5/c1-4-9-30-19-12-16(29-3)8-6-14(19)10-17-20(26)24-22(28)25(21(17)27)18-11-15(23)7-5-13(18)2/h4-8,10-12H,1,9H2,2-3H3,(H,24,26,28)/b17-10+. The SMILES string of the molecule is C=CCOc1cc(OC)ccc1/C=C1\C(=O)NC(=O)N(c2cc(Cl)ccc2C)C1=O. The molecule has 1 fully saturated rings. The Hall–Kier alpha value is -3.58. The van der Waals surface area contributed by atoms with Crippen molar-refractivity contribution in [1.82, 2.24) is 5.32 Å². The summed E-state index contributed by atoms with van der Waals surface area (Å²) in [5, 5.41) is 2.55. The number of rotatable bonds is 6. The predicted octanol–water partition coefficient (Wildman–Crippen LogP) is 3.89. The second-order valence-corrected chi connectivity index (χ2v) is 6.83. The summed E-state index contributed by atoms with van der Waals surface area (Å²) in [4.78, 5) is 38.9. The Balaban J connectivity index is 2.07. The molecule has 0 unspecified atom stereocenters. The van der Waals surface area contributed by atoms with Gasteiger partial charge in [-0.05, 0) is 42.8 Å². The molecule has 2 aromatic rings. The van der Waals surface area contributed by atoms with E-state index >= 15 is 0 Å². The van der Waals surface area contributed by atoms with E-state index in [0.29, 0.717) is 33.3 Å². The number of barbiturate groups is 1. The minimum absolute atomic E-state index is 0.218. The number of hydrogen-bond donors (Lipinski definition) is 1. The lowest BCUT2D eigenvalue weighted by atomic mass is 10.0. The fourth-order valence-electron chi connectivity index (χ4n) is 2.89. The molecule has 0 saturated carbocycles. The van der Waals surface area contributed by atoms with Crippen molar-refractivity contribution in [3.8, 4) is 11.5 Å². The van der Waals surface area contributed by atoms with Crippen LogP contribution in [0.1, 0.15) is 11.1 Å². The fourth-order valence-corrected chi connectivity index (χ4v) is 3.06. The third-order valence-corrected chi connectivity index (χ3v) is 4.63. The number of hydrogen-bond acceptors (Lipinski definition) is 5. The number of ether oxygens (including phenoxy) is 2. The van der Waals surface area contributed by atoms with Crippen molar-refractivity contribution < 1.29 is 23.9 Å². The van der Waals surface area contributed by atoms with Crippen LogP contribution in [0.25, 0.3) is 6.08 Å². The Morgan fingerprint density at radius 3 is 2.63 bits per heavy atom. The summed E-state index contributed by atoms with van der Waals surface area (Å²) in [6.07, 6.45) is 2.94. The van der Waals surface area contributed by atoms with Crippen LogP contribution in [0.4, 0.5) is 10.5 Å². The third-order valence-electron chi connectivity index (χ3n) is 4.39. The lowest BCUT2D eigenvalue weighted by molar-refractivity contribution is -0.122. The second kappa shape index (κ2) is 8.84. The first kappa shape index (κ1) is 21.1. The van der Waals surface area contributed by atoms with Crippen molar-refractivity contribution in [3.63, 3.8) is 0 Å². The topological polar surface area (TPSA) is 84.9 Å². The average Bonchev–Trinajstić information content (AvgIpc) is 2.72. The number of imide groups is 2. The summed E-state index contributed by atoms with van der Waals surface area (Å²) >= 11 is 6.04. The van der Waals surface area contributed by atoms with Gasteiger partial charge < -0.3 is 9.47 Å². The van der Waals surface area contributed by atoms with E-state index in [1.54, 1.807) is 43.3 Å². The number of nitrogens with one attached hydrogen (secondary N) is 1. The lowest BCUT2D eigenvalue weighted by Gasteiger charge is -2.27. The fraction of sp³-hybridized carbons (Fsp3) is 0.136. The summed E-state index contributed by atoms with van der Waals surface area (Å²) in [5.41, 5.74) is 1.19. The van der Waals surface area contributed by atoms with E-state index in [1.807, 2.05) is 0 Å². The highest BCUT2D eigenvalue weighted by Crippen LogP contribution is 2.30. The number of benzene rings is 2. The number of methoxy groups -OCH3 is 1. The van der Waals surface area contributed by atoms with Crippen LogP contribution in [0, 0.1) is 6.92 Å². The molecule has 8 heteroatoms. The van der Waals surface area contributed by atoms with Gasteiger partial charge in [-0.2, -0.15) is 0 Å². The molecule has 0 spiro atoms. The first-order chi connectivity index (χ1) is 14.3. The van der Waals surface area contributed by atoms with Crippen LogP contribution in [0.5, 0.6) is 11.5 Å². The molecule has 2 aromatic carbocycles. The number of carbonyl (C=O) groups excluding carboxylic acids is 3. The molecule has 1 heterocycles. The zero-order valence-electron chi connectivity index (χ0n) is 16.4. The van der Waals surface area contributed by atoms with Crippen molar-refractivity contribution >= 4 is 41.2 Å². The van der Waals surface area contributed by atoms with Crippen LogP contribution < -0.4 is 19.7 Å². The Bertz CT molecular complexity index is 1080. The molecule has 30 heavy (non-hydrogen) atoms. The minimum atomic E-state index is -0.842. The molecule has 3 rings (SSSR count). The molecule has 154 valence electrons. The van der Waals surface area contributed by atoms with Crippen LogP contribution in [-0.2, 0) is 9.59 Å². The molecule has 1 aliphatic heterocycles. The molecule has 0 aliphatic carbocycles. The third kappa shape index (κ3) is 4.21. The number of anilines is 1. The van der Waals surface area contributed by atoms with Crippen LogP contribution in [-0.4, -0.2) is 31.6 Å². The van der Waals surface area contributed by atoms with Crippen molar-refractivity contribution in [2.24, 2.45) is 0 Å². The summed E-state index contributed by atoms with van der Waals surface area (Å²) < 4.78 is 10.8. The van der Waals surface area contributed by atoms with E-state index in [0.717, 1.165) is 4.90 Å². The summed E-state index contributed by atoms with van der Waals surface area (Å²) in [6.45, 7) is 5.56. The van der Waals surface area contributed by atoms with Crippen LogP contribution in [0.3, 0.4) is 0 Å². The quantitative estimate of drug-likeness (QED) is 0.430. The van der Waals surface area contributed by atoms with Gasteiger partial charge in [-0.3, -0.25) is 14.9 Å². The Morgan fingerprint density at radius 1 is 1.17 bits per heavy atom. The van der Waals surface area contributed by atoms with Gasteiger partial charge in [0.2, 0.25) is 0 Å². The molecule has 0 aromatic heterocycles. The van der Waals surface area contributed by atoms with Gasteiger partial charge in [0.15, 0.2) is 0 Å². The molecule has 1 N–H and O–H groups in total. The van der Waals surface area contributed by atoms with Crippen molar-refractivity contribution in [2.75, 3.05) is 18.6 Å². The van der Waals surface area contributed by atoms with Gasteiger partial charge in [-0.25, -0.2) is 9.69 Å². The molecule has 0 bridgehead atoms. The van der Waals surface area contributed by atoms with E-state index < -0.39 is 17.8 Å². The number of carbonyl (C=O) groups is 3. The number of aryl methyl sites for hydroxylation is 1. The lowest BCUT2D eigenvalue weighted by Crippen LogP contribution is -2.54.